The second-order valence-corrected chi connectivity index (χ2v) is 8.74. The SMILES string of the molecule is C[B]C#CC.C[C@H](NC(=O)c1cc(OC(F)F)cc(OC(F)(F)F)c1)c1ncnn1-c1ncc(C(=O)N(C)C)s1. The van der Waals surface area contributed by atoms with Crippen molar-refractivity contribution in [3.8, 4) is 28.4 Å². The van der Waals surface area contributed by atoms with Crippen molar-refractivity contribution in [3.05, 3.63) is 47.0 Å². The summed E-state index contributed by atoms with van der Waals surface area (Å²) >= 11 is 1.02. The molecule has 0 spiro atoms. The van der Waals surface area contributed by atoms with Crippen molar-refractivity contribution in [2.45, 2.75) is 39.7 Å². The highest BCUT2D eigenvalue weighted by atomic mass is 32.1. The number of nitrogens with one attached hydrogen (secondary N) is 1. The molecule has 0 aliphatic rings. The van der Waals surface area contributed by atoms with Crippen LogP contribution in [0.2, 0.25) is 6.82 Å². The summed E-state index contributed by atoms with van der Waals surface area (Å²) in [5, 5.41) is 6.80. The summed E-state index contributed by atoms with van der Waals surface area (Å²) in [5.74, 6) is 2.80. The van der Waals surface area contributed by atoms with Crippen LogP contribution in [0.25, 0.3) is 5.13 Å². The first-order valence-corrected chi connectivity index (χ1v) is 12.0. The molecule has 1 atom stereocenters. The molecular weight excluding hydrogens is 562 g/mol. The van der Waals surface area contributed by atoms with Gasteiger partial charge in [-0.2, -0.15) is 24.4 Å². The van der Waals surface area contributed by atoms with Gasteiger partial charge in [0.05, 0.1) is 12.2 Å². The van der Waals surface area contributed by atoms with Gasteiger partial charge in [0.1, 0.15) is 22.7 Å². The van der Waals surface area contributed by atoms with Crippen molar-refractivity contribution < 1.29 is 41.0 Å². The van der Waals surface area contributed by atoms with Crippen LogP contribution in [0.5, 0.6) is 11.5 Å². The number of alkyl halides is 5. The Hall–Kier alpha value is -4.20. The first kappa shape index (κ1) is 32.0. The van der Waals surface area contributed by atoms with Crippen LogP contribution >= 0.6 is 11.3 Å². The van der Waals surface area contributed by atoms with Crippen LogP contribution in [-0.4, -0.2) is 70.8 Å². The molecule has 1 aromatic carbocycles. The number of amides is 2. The van der Waals surface area contributed by atoms with E-state index in [1.807, 2.05) is 21.0 Å². The van der Waals surface area contributed by atoms with Crippen LogP contribution in [-0.2, 0) is 0 Å². The van der Waals surface area contributed by atoms with Crippen molar-refractivity contribution in [2.75, 3.05) is 14.1 Å². The molecule has 0 bridgehead atoms. The fraction of sp³-hybridized carbons (Fsp3) is 0.348. The van der Waals surface area contributed by atoms with E-state index in [0.29, 0.717) is 10.9 Å². The van der Waals surface area contributed by atoms with E-state index in [1.165, 1.54) is 29.0 Å². The predicted molar refractivity (Wildman–Crippen MR) is 136 cm³/mol. The molecule has 0 saturated carbocycles. The molecule has 17 heteroatoms. The number of hydrogen-bond acceptors (Lipinski definition) is 8. The van der Waals surface area contributed by atoms with Gasteiger partial charge in [-0.3, -0.25) is 9.59 Å². The number of hydrogen-bond donors (Lipinski definition) is 1. The summed E-state index contributed by atoms with van der Waals surface area (Å²) in [5.41, 5.74) is -0.437. The third-order valence-electron chi connectivity index (χ3n) is 4.49. The van der Waals surface area contributed by atoms with Crippen LogP contribution in [0.15, 0.2) is 30.7 Å². The van der Waals surface area contributed by atoms with E-state index in [1.54, 1.807) is 14.1 Å². The molecule has 3 aromatic rings. The summed E-state index contributed by atoms with van der Waals surface area (Å²) in [7, 11) is 4.97. The number of aromatic nitrogens is 4. The van der Waals surface area contributed by atoms with Crippen LogP contribution in [0.1, 0.15) is 45.7 Å². The zero-order valence-electron chi connectivity index (χ0n) is 21.8. The second-order valence-electron chi connectivity index (χ2n) is 7.73. The molecule has 1 N–H and O–H groups in total. The van der Waals surface area contributed by atoms with Gasteiger partial charge in [-0.15, -0.1) is 19.1 Å². The third-order valence-corrected chi connectivity index (χ3v) is 5.45. The maximum Gasteiger partial charge on any atom is 0.573 e. The molecule has 0 fully saturated rings. The van der Waals surface area contributed by atoms with Crippen LogP contribution in [0.3, 0.4) is 0 Å². The predicted octanol–water partition coefficient (Wildman–Crippen LogP) is 4.14. The van der Waals surface area contributed by atoms with Gasteiger partial charge >= 0.3 is 13.0 Å². The first-order chi connectivity index (χ1) is 18.7. The molecule has 2 amide bonds. The van der Waals surface area contributed by atoms with Crippen molar-refractivity contribution in [3.63, 3.8) is 0 Å². The topological polar surface area (TPSA) is 111 Å². The Morgan fingerprint density at radius 2 is 1.85 bits per heavy atom. The van der Waals surface area contributed by atoms with Crippen molar-refractivity contribution in [2.24, 2.45) is 0 Å². The lowest BCUT2D eigenvalue weighted by molar-refractivity contribution is -0.274. The van der Waals surface area contributed by atoms with Crippen molar-refractivity contribution >= 4 is 30.4 Å². The number of nitrogens with zero attached hydrogens (tertiary/aromatic N) is 5. The molecule has 0 unspecified atom stereocenters. The van der Waals surface area contributed by atoms with Gasteiger partial charge < -0.3 is 19.7 Å². The van der Waals surface area contributed by atoms with E-state index >= 15 is 0 Å². The maximum atomic E-state index is 12.7. The molecule has 0 aliphatic carbocycles. The first-order valence-electron chi connectivity index (χ1n) is 11.2. The number of thiazole rings is 1. The van der Waals surface area contributed by atoms with Crippen LogP contribution in [0.4, 0.5) is 22.0 Å². The summed E-state index contributed by atoms with van der Waals surface area (Å²) in [4.78, 5) is 34.7. The second kappa shape index (κ2) is 14.3. The minimum atomic E-state index is -5.12. The Morgan fingerprint density at radius 3 is 2.40 bits per heavy atom. The lowest BCUT2D eigenvalue weighted by Crippen LogP contribution is -2.29. The monoisotopic (exact) mass is 585 g/mol. The highest BCUT2D eigenvalue weighted by molar-refractivity contribution is 7.16. The highest BCUT2D eigenvalue weighted by Crippen LogP contribution is 2.29. The van der Waals surface area contributed by atoms with E-state index in [4.69, 9.17) is 0 Å². The number of ether oxygens (including phenoxy) is 2. The molecule has 40 heavy (non-hydrogen) atoms. The van der Waals surface area contributed by atoms with Gasteiger partial charge in [0, 0.05) is 25.7 Å². The summed E-state index contributed by atoms with van der Waals surface area (Å²) < 4.78 is 72.1. The lowest BCUT2D eigenvalue weighted by Gasteiger charge is -2.16. The molecule has 2 aromatic heterocycles. The number of rotatable bonds is 8. The number of halogens is 5. The molecule has 10 nitrogen and oxygen atoms in total. The maximum absolute atomic E-state index is 12.7. The fourth-order valence-corrected chi connectivity index (χ4v) is 3.83. The lowest BCUT2D eigenvalue weighted by atomic mass is 9.84. The zero-order valence-corrected chi connectivity index (χ0v) is 22.6. The van der Waals surface area contributed by atoms with E-state index in [2.05, 4.69) is 41.6 Å². The van der Waals surface area contributed by atoms with Gasteiger partial charge in [-0.25, -0.2) is 9.97 Å². The molecule has 3 rings (SSSR count). The quantitative estimate of drug-likeness (QED) is 0.241. The average molecular weight is 585 g/mol. The molecule has 0 aliphatic heterocycles. The Morgan fingerprint density at radius 1 is 1.18 bits per heavy atom. The Kier molecular flexibility index (Phi) is 11.4. The summed E-state index contributed by atoms with van der Waals surface area (Å²) in [6.45, 7) is 1.90. The third kappa shape index (κ3) is 9.52. The number of carbonyl (C=O) groups excluding carboxylic acids is 2. The van der Waals surface area contributed by atoms with E-state index in [0.717, 1.165) is 23.5 Å². The molecule has 0 saturated heterocycles. The van der Waals surface area contributed by atoms with Crippen molar-refractivity contribution in [1.82, 2.24) is 30.0 Å². The molecule has 1 radical (unpaired) electrons. The molecule has 2 heterocycles. The standard InChI is InChI=1S/C19H17F5N6O4S.C4H6B/c1-9(14-26-8-27-30(14)18-25-7-13(35-18)16(32)29(2)3)28-15(31)10-4-11(33-17(20)21)6-12(5-10)34-19(22,23)24;1-3-4-5-2/h4-9,17H,1-3H3,(H,28,31);1-2H3/t9-;/m0./s1. The number of benzene rings is 1. The fourth-order valence-electron chi connectivity index (χ4n) is 2.93. The van der Waals surface area contributed by atoms with Gasteiger partial charge in [-0.05, 0) is 26.0 Å². The zero-order chi connectivity index (χ0) is 30.0. The largest absolute Gasteiger partial charge is 0.573 e. The Balaban J connectivity index is 0.00000103. The highest BCUT2D eigenvalue weighted by Gasteiger charge is 2.32. The normalized spacial score (nSPS) is 11.4. The van der Waals surface area contributed by atoms with Crippen molar-refractivity contribution in [1.29, 1.82) is 0 Å². The van der Waals surface area contributed by atoms with E-state index < -0.39 is 42.0 Å². The van der Waals surface area contributed by atoms with E-state index in [9.17, 15) is 31.5 Å². The van der Waals surface area contributed by atoms with Gasteiger partial charge in [0.15, 0.2) is 5.82 Å². The Bertz CT molecular complexity index is 1370. The van der Waals surface area contributed by atoms with Gasteiger partial charge in [0.2, 0.25) is 12.4 Å². The molecule has 213 valence electrons. The summed E-state index contributed by atoms with van der Waals surface area (Å²) in [6, 6.07) is 1.26. The minimum Gasteiger partial charge on any atom is -0.435 e. The van der Waals surface area contributed by atoms with E-state index in [-0.39, 0.29) is 16.9 Å². The van der Waals surface area contributed by atoms with Crippen LogP contribution in [0, 0.1) is 11.7 Å². The minimum absolute atomic E-state index is 0.184. The average Bonchev–Trinajstić information content (AvgIpc) is 3.52. The van der Waals surface area contributed by atoms with Crippen LogP contribution < -0.4 is 14.8 Å². The van der Waals surface area contributed by atoms with Gasteiger partial charge in [0.25, 0.3) is 11.8 Å². The number of carbonyl (C=O) groups is 2. The molecular formula is C23H23BF5N6O4S. The van der Waals surface area contributed by atoms with Gasteiger partial charge in [-0.1, -0.05) is 18.2 Å². The Labute approximate surface area is 230 Å². The summed E-state index contributed by atoms with van der Waals surface area (Å²) in [6.07, 6.45) is -2.59. The smallest absolute Gasteiger partial charge is 0.435 e.